The van der Waals surface area contributed by atoms with Crippen LogP contribution in [0.25, 0.3) is 0 Å². The average molecular weight is 281 g/mol. The zero-order valence-corrected chi connectivity index (χ0v) is 9.90. The first kappa shape index (κ1) is 6.68. The van der Waals surface area contributed by atoms with Gasteiger partial charge < -0.3 is 0 Å². The molecule has 0 aromatic heterocycles. The summed E-state index contributed by atoms with van der Waals surface area (Å²) in [4.78, 5) is 0. The molecule has 0 aliphatic carbocycles. The SMILES string of the molecule is C[SiH2][Se][SiH2]I. The molecule has 0 saturated heterocycles. The Balaban J connectivity index is 2.19. The van der Waals surface area contributed by atoms with Crippen molar-refractivity contribution in [2.75, 3.05) is 0 Å². The van der Waals surface area contributed by atoms with E-state index in [2.05, 4.69) is 28.3 Å². The zero-order valence-electron chi connectivity index (χ0n) is 3.20. The van der Waals surface area contributed by atoms with Crippen LogP contribution in [0.1, 0.15) is 0 Å². The van der Waals surface area contributed by atoms with E-state index in [1.165, 1.54) is 13.7 Å². The Kier molecular flexibility index (Phi) is 7.60. The van der Waals surface area contributed by atoms with Gasteiger partial charge in [-0.1, -0.05) is 0 Å². The first-order valence-corrected chi connectivity index (χ1v) is 16.5. The van der Waals surface area contributed by atoms with Gasteiger partial charge in [-0.15, -0.1) is 0 Å². The van der Waals surface area contributed by atoms with E-state index in [-0.39, 0.29) is 0 Å². The van der Waals surface area contributed by atoms with E-state index in [9.17, 15) is 0 Å². The van der Waals surface area contributed by atoms with Crippen molar-refractivity contribution < 1.29 is 0 Å². The summed E-state index contributed by atoms with van der Waals surface area (Å²) in [7, 11) is 0.531. The van der Waals surface area contributed by atoms with Crippen LogP contribution >= 0.6 is 21.8 Å². The van der Waals surface area contributed by atoms with E-state index < -0.39 is 0 Å². The second-order valence-electron chi connectivity index (χ2n) is 0.602. The summed E-state index contributed by atoms with van der Waals surface area (Å²) in [5.41, 5.74) is 0.508. The third-order valence-electron chi connectivity index (χ3n) is 0.281. The third kappa shape index (κ3) is 5.68. The van der Waals surface area contributed by atoms with Gasteiger partial charge in [0.05, 0.1) is 0 Å². The number of hydrogen-bond acceptors (Lipinski definition) is 0. The molecule has 0 bridgehead atoms. The summed E-state index contributed by atoms with van der Waals surface area (Å²) in [6, 6.07) is 0. The molecule has 0 amide bonds. The Morgan fingerprint density at radius 1 is 1.80 bits per heavy atom. The van der Waals surface area contributed by atoms with Crippen LogP contribution in [0, 0.1) is 0 Å². The second-order valence-corrected chi connectivity index (χ2v) is 25.5. The summed E-state index contributed by atoms with van der Waals surface area (Å²) in [6.45, 7) is 2.41. The van der Waals surface area contributed by atoms with E-state index in [4.69, 9.17) is 0 Å². The second kappa shape index (κ2) is 5.68. The monoisotopic (exact) mass is 282 g/mol. The molecule has 0 fully saturated rings. The normalized spacial score (nSPS) is 13.2. The maximum absolute atomic E-state index is 2.59. The third-order valence-corrected chi connectivity index (χ3v) is 33.7. The van der Waals surface area contributed by atoms with Crippen molar-refractivity contribution in [2.24, 2.45) is 0 Å². The summed E-state index contributed by atoms with van der Waals surface area (Å²) >= 11 is 3.81. The van der Waals surface area contributed by atoms with Crippen LogP contribution in [0.15, 0.2) is 0 Å². The summed E-state index contributed by atoms with van der Waals surface area (Å²) in [5.74, 6) is 0. The molecule has 0 saturated carbocycles. The van der Waals surface area contributed by atoms with Crippen molar-refractivity contribution in [2.45, 2.75) is 6.55 Å². The topological polar surface area (TPSA) is 0 Å². The fourth-order valence-electron chi connectivity index (χ4n) is 0.0772. The Morgan fingerprint density at radius 2 is 2.40 bits per heavy atom. The van der Waals surface area contributed by atoms with E-state index in [0.29, 0.717) is 13.7 Å². The summed E-state index contributed by atoms with van der Waals surface area (Å²) in [5, 5.41) is 0. The average Bonchev–Trinajstić information content (AvgIpc) is 1.41. The fraction of sp³-hybridized carbons (Fsp3) is 1.00. The van der Waals surface area contributed by atoms with Crippen molar-refractivity contribution in [3.8, 4) is 0 Å². The van der Waals surface area contributed by atoms with Gasteiger partial charge >= 0.3 is 55.8 Å². The Hall–Kier alpha value is 1.68. The van der Waals surface area contributed by atoms with Crippen LogP contribution in [0.3, 0.4) is 0 Å². The van der Waals surface area contributed by atoms with Crippen LogP contribution in [0.4, 0.5) is 0 Å². The molecule has 32 valence electrons. The Labute approximate surface area is 55.4 Å². The van der Waals surface area contributed by atoms with Crippen LogP contribution in [-0.2, 0) is 0 Å². The van der Waals surface area contributed by atoms with E-state index >= 15 is 0 Å². The minimum atomic E-state index is 0.508. The quantitative estimate of drug-likeness (QED) is 0.355. The first-order chi connectivity index (χ1) is 2.41. The molecule has 0 spiro atoms. The van der Waals surface area contributed by atoms with Crippen LogP contribution in [0.2, 0.25) is 6.55 Å². The van der Waals surface area contributed by atoms with Crippen molar-refractivity contribution in [1.82, 2.24) is 0 Å². The van der Waals surface area contributed by atoms with Crippen LogP contribution in [-0.4, -0.2) is 27.4 Å². The van der Waals surface area contributed by atoms with Crippen LogP contribution in [0.5, 0.6) is 0 Å². The van der Waals surface area contributed by atoms with Gasteiger partial charge in [0.1, 0.15) is 0 Å². The van der Waals surface area contributed by atoms with Crippen molar-refractivity contribution >= 4 is 49.2 Å². The summed E-state index contributed by atoms with van der Waals surface area (Å²) in [6.07, 6.45) is 0. The molecule has 0 rings (SSSR count). The summed E-state index contributed by atoms with van der Waals surface area (Å²) < 4.78 is 0. The van der Waals surface area contributed by atoms with E-state index in [1.54, 1.807) is 0 Å². The molecule has 0 unspecified atom stereocenters. The van der Waals surface area contributed by atoms with Gasteiger partial charge in [0.2, 0.25) is 0 Å². The number of halogens is 1. The molecular formula is CH7ISeSi2. The van der Waals surface area contributed by atoms with E-state index in [1.807, 2.05) is 0 Å². The van der Waals surface area contributed by atoms with Gasteiger partial charge in [-0.3, -0.25) is 0 Å². The van der Waals surface area contributed by atoms with Gasteiger partial charge in [0, 0.05) is 0 Å². The molecule has 0 aliphatic rings. The fourth-order valence-corrected chi connectivity index (χ4v) is 24.2. The van der Waals surface area contributed by atoms with Gasteiger partial charge in [-0.05, 0) is 0 Å². The Morgan fingerprint density at radius 3 is 2.40 bits per heavy atom. The van der Waals surface area contributed by atoms with Gasteiger partial charge in [0.25, 0.3) is 0 Å². The Bertz CT molecular complexity index is 17.1. The van der Waals surface area contributed by atoms with Gasteiger partial charge in [-0.25, -0.2) is 0 Å². The molecule has 5 heavy (non-hydrogen) atoms. The van der Waals surface area contributed by atoms with Crippen molar-refractivity contribution in [1.29, 1.82) is 0 Å². The molecular weight excluding hydrogens is 274 g/mol. The molecule has 0 atom stereocenters. The number of rotatable bonds is 2. The molecule has 0 nitrogen and oxygen atoms in total. The van der Waals surface area contributed by atoms with Crippen LogP contribution < -0.4 is 0 Å². The first-order valence-electron chi connectivity index (χ1n) is 1.55. The molecule has 0 aliphatic heterocycles. The number of hydrogen-bond donors (Lipinski definition) is 0. The molecule has 0 aromatic carbocycles. The molecule has 4 heteroatoms. The molecule has 0 N–H and O–H groups in total. The standard InChI is InChI=1S/CH7ISeSi2/c1-4-3-5-2/h4-5H2,1H3. The predicted molar refractivity (Wildman–Crippen MR) is 42.7 cm³/mol. The van der Waals surface area contributed by atoms with Crippen molar-refractivity contribution in [3.63, 3.8) is 0 Å². The molecule has 0 radical (unpaired) electrons. The maximum atomic E-state index is 2.59. The van der Waals surface area contributed by atoms with Gasteiger partial charge in [0.15, 0.2) is 0 Å². The zero-order chi connectivity index (χ0) is 4.12. The van der Waals surface area contributed by atoms with Crippen molar-refractivity contribution in [3.05, 3.63) is 0 Å². The minimum absolute atomic E-state index is 0.508. The molecule has 0 heterocycles. The van der Waals surface area contributed by atoms with Gasteiger partial charge in [-0.2, -0.15) is 0 Å². The van der Waals surface area contributed by atoms with E-state index in [0.717, 1.165) is 0 Å². The predicted octanol–water partition coefficient (Wildman–Crippen LogP) is -0.744. The molecule has 0 aromatic rings.